The zero-order valence-electron chi connectivity index (χ0n) is 8.25. The lowest BCUT2D eigenvalue weighted by molar-refractivity contribution is 0.613. The van der Waals surface area contributed by atoms with Gasteiger partial charge in [-0.1, -0.05) is 0 Å². The van der Waals surface area contributed by atoms with Gasteiger partial charge in [0.05, 0.1) is 4.47 Å². The van der Waals surface area contributed by atoms with Crippen LogP contribution in [0.1, 0.15) is 6.92 Å². The first-order chi connectivity index (χ1) is 6.50. The van der Waals surface area contributed by atoms with Crippen LogP contribution in [-0.4, -0.2) is 29.8 Å². The first kappa shape index (κ1) is 11.1. The maximum atomic E-state index is 13.1. The number of halogens is 2. The van der Waals surface area contributed by atoms with Crippen molar-refractivity contribution in [3.63, 3.8) is 0 Å². The molecule has 0 aliphatic heterocycles. The normalized spacial score (nSPS) is 11.6. The Bertz CT molecular complexity index is 363. The molecule has 1 aromatic heterocycles. The number of nitrogens with zero attached hydrogens (tertiary/aromatic N) is 3. The van der Waals surface area contributed by atoms with Crippen LogP contribution in [0.5, 0.6) is 0 Å². The topological polar surface area (TPSA) is 28.5 Å². The van der Waals surface area contributed by atoms with E-state index in [4.69, 9.17) is 0 Å². The Morgan fingerprint density at radius 3 is 2.71 bits per heavy atom. The molecule has 1 heterocycles. The maximum Gasteiger partial charge on any atom is 0.156 e. The third kappa shape index (κ3) is 2.77. The number of rotatable bonds is 1. The summed E-state index contributed by atoms with van der Waals surface area (Å²) in [6, 6.07) is 1.29. The Kier molecular flexibility index (Phi) is 3.57. The largest absolute Gasteiger partial charge is 0.366 e. The van der Waals surface area contributed by atoms with Gasteiger partial charge in [-0.2, -0.15) is 0 Å². The fourth-order valence-electron chi connectivity index (χ4n) is 0.731. The summed E-state index contributed by atoms with van der Waals surface area (Å²) in [6.45, 7) is 1.83. The van der Waals surface area contributed by atoms with Gasteiger partial charge in [0, 0.05) is 26.4 Å². The molecule has 0 N–H and O–H groups in total. The van der Waals surface area contributed by atoms with Crippen molar-refractivity contribution in [2.45, 2.75) is 6.92 Å². The van der Waals surface area contributed by atoms with Crippen LogP contribution in [0.2, 0.25) is 0 Å². The van der Waals surface area contributed by atoms with Crippen molar-refractivity contribution in [3.8, 4) is 0 Å². The van der Waals surface area contributed by atoms with Gasteiger partial charge >= 0.3 is 0 Å². The Labute approximate surface area is 90.8 Å². The van der Waals surface area contributed by atoms with Crippen LogP contribution >= 0.6 is 15.9 Å². The fourth-order valence-corrected chi connectivity index (χ4v) is 0.948. The van der Waals surface area contributed by atoms with Gasteiger partial charge in [0.25, 0.3) is 0 Å². The van der Waals surface area contributed by atoms with Gasteiger partial charge < -0.3 is 4.90 Å². The van der Waals surface area contributed by atoms with E-state index in [-0.39, 0.29) is 5.82 Å². The van der Waals surface area contributed by atoms with Crippen molar-refractivity contribution in [1.29, 1.82) is 0 Å². The molecule has 0 aliphatic rings. The first-order valence-electron chi connectivity index (χ1n) is 4.04. The SMILES string of the molecule is CC(=Nc1cc(F)c(Br)cn1)N(C)C. The zero-order chi connectivity index (χ0) is 10.7. The summed E-state index contributed by atoms with van der Waals surface area (Å²) in [5.74, 6) is 0.793. The third-order valence-electron chi connectivity index (χ3n) is 1.72. The van der Waals surface area contributed by atoms with Gasteiger partial charge in [-0.15, -0.1) is 0 Å². The van der Waals surface area contributed by atoms with Crippen LogP contribution in [0, 0.1) is 5.82 Å². The third-order valence-corrected chi connectivity index (χ3v) is 2.30. The van der Waals surface area contributed by atoms with E-state index in [2.05, 4.69) is 25.9 Å². The van der Waals surface area contributed by atoms with Crippen LogP contribution in [0.25, 0.3) is 0 Å². The highest BCUT2D eigenvalue weighted by molar-refractivity contribution is 9.10. The average Bonchev–Trinajstić information content (AvgIpc) is 2.11. The molecule has 0 aliphatic carbocycles. The first-order valence-corrected chi connectivity index (χ1v) is 4.83. The summed E-state index contributed by atoms with van der Waals surface area (Å²) >= 11 is 3.03. The lowest BCUT2D eigenvalue weighted by atomic mass is 10.4. The highest BCUT2D eigenvalue weighted by atomic mass is 79.9. The molecule has 0 bridgehead atoms. The van der Waals surface area contributed by atoms with Crippen molar-refractivity contribution in [1.82, 2.24) is 9.88 Å². The summed E-state index contributed by atoms with van der Waals surface area (Å²) in [7, 11) is 3.74. The summed E-state index contributed by atoms with van der Waals surface area (Å²) < 4.78 is 13.4. The Morgan fingerprint density at radius 1 is 1.57 bits per heavy atom. The molecule has 76 valence electrons. The lowest BCUT2D eigenvalue weighted by Gasteiger charge is -2.10. The van der Waals surface area contributed by atoms with Crippen molar-refractivity contribution in [2.75, 3.05) is 14.1 Å². The molecule has 0 spiro atoms. The van der Waals surface area contributed by atoms with Crippen LogP contribution in [-0.2, 0) is 0 Å². The standard InChI is InChI=1S/C9H11BrFN3/c1-6(14(2)3)13-9-4-8(11)7(10)5-12-9/h4-5H,1-3H3. The molecule has 0 atom stereocenters. The molecule has 0 aromatic carbocycles. The second kappa shape index (κ2) is 4.50. The molecule has 5 heteroatoms. The average molecular weight is 260 g/mol. The predicted molar refractivity (Wildman–Crippen MR) is 58.4 cm³/mol. The molecule has 3 nitrogen and oxygen atoms in total. The molecule has 1 aromatic rings. The van der Waals surface area contributed by atoms with Crippen LogP contribution in [0.4, 0.5) is 10.2 Å². The molecule has 1 rings (SSSR count). The Balaban J connectivity index is 2.98. The highest BCUT2D eigenvalue weighted by Crippen LogP contribution is 2.18. The highest BCUT2D eigenvalue weighted by Gasteiger charge is 2.01. The van der Waals surface area contributed by atoms with Gasteiger partial charge in [0.2, 0.25) is 0 Å². The minimum atomic E-state index is -0.356. The second-order valence-corrected chi connectivity index (χ2v) is 3.86. The van der Waals surface area contributed by atoms with Gasteiger partial charge in [-0.3, -0.25) is 0 Å². The van der Waals surface area contributed by atoms with Crippen LogP contribution in [0.3, 0.4) is 0 Å². The lowest BCUT2D eigenvalue weighted by Crippen LogP contribution is -2.17. The van der Waals surface area contributed by atoms with E-state index in [0.717, 1.165) is 5.84 Å². The minimum Gasteiger partial charge on any atom is -0.366 e. The summed E-state index contributed by atoms with van der Waals surface area (Å²) in [6.07, 6.45) is 1.40. The quantitative estimate of drug-likeness (QED) is 0.573. The number of aliphatic imine (C=N–C) groups is 1. The number of hydrogen-bond donors (Lipinski definition) is 0. The predicted octanol–water partition coefficient (Wildman–Crippen LogP) is 2.59. The molecule has 0 saturated heterocycles. The monoisotopic (exact) mass is 259 g/mol. The number of pyridine rings is 1. The van der Waals surface area contributed by atoms with Gasteiger partial charge in [-0.05, 0) is 22.9 Å². The van der Waals surface area contributed by atoms with E-state index < -0.39 is 0 Å². The summed E-state index contributed by atoms with van der Waals surface area (Å²) in [5.41, 5.74) is 0. The molecular weight excluding hydrogens is 249 g/mol. The van der Waals surface area contributed by atoms with Crippen LogP contribution < -0.4 is 0 Å². The molecule has 0 radical (unpaired) electrons. The van der Waals surface area contributed by atoms with Gasteiger partial charge in [-0.25, -0.2) is 14.4 Å². The number of hydrogen-bond acceptors (Lipinski definition) is 2. The van der Waals surface area contributed by atoms with E-state index in [1.165, 1.54) is 12.3 Å². The van der Waals surface area contributed by atoms with Crippen molar-refractivity contribution in [2.24, 2.45) is 4.99 Å². The molecule has 14 heavy (non-hydrogen) atoms. The smallest absolute Gasteiger partial charge is 0.156 e. The van der Waals surface area contributed by atoms with Crippen molar-refractivity contribution in [3.05, 3.63) is 22.6 Å². The second-order valence-electron chi connectivity index (χ2n) is 3.01. The Morgan fingerprint density at radius 2 is 2.21 bits per heavy atom. The maximum absolute atomic E-state index is 13.1. The molecule has 0 fully saturated rings. The zero-order valence-corrected chi connectivity index (χ0v) is 9.84. The van der Waals surface area contributed by atoms with E-state index in [1.54, 1.807) is 0 Å². The molecule has 0 amide bonds. The van der Waals surface area contributed by atoms with Crippen molar-refractivity contribution < 1.29 is 4.39 Å². The van der Waals surface area contributed by atoms with Gasteiger partial charge in [0.1, 0.15) is 11.7 Å². The van der Waals surface area contributed by atoms with Crippen molar-refractivity contribution >= 4 is 27.6 Å². The summed E-state index contributed by atoms with van der Waals surface area (Å²) in [4.78, 5) is 9.93. The van der Waals surface area contributed by atoms with Gasteiger partial charge in [0.15, 0.2) is 5.82 Å². The van der Waals surface area contributed by atoms with E-state index in [9.17, 15) is 4.39 Å². The van der Waals surface area contributed by atoms with E-state index in [0.29, 0.717) is 10.3 Å². The molecule has 0 unspecified atom stereocenters. The Hall–Kier alpha value is -0.970. The minimum absolute atomic E-state index is 0.346. The van der Waals surface area contributed by atoms with Crippen LogP contribution in [0.15, 0.2) is 21.7 Å². The molecule has 0 saturated carbocycles. The summed E-state index contributed by atoms with van der Waals surface area (Å²) in [5, 5.41) is 0. The number of amidine groups is 1. The number of aromatic nitrogens is 1. The van der Waals surface area contributed by atoms with E-state index >= 15 is 0 Å². The fraction of sp³-hybridized carbons (Fsp3) is 0.333. The van der Waals surface area contributed by atoms with E-state index in [1.807, 2.05) is 25.9 Å². The molecular formula is C9H11BrFN3.